The summed E-state index contributed by atoms with van der Waals surface area (Å²) in [5.74, 6) is -2.65. The zero-order chi connectivity index (χ0) is 8.15. The van der Waals surface area contributed by atoms with E-state index in [1.54, 1.807) is 6.92 Å². The number of Topliss-reactive ketones (excluding diaryl/α,β-unsaturated/α-hetero) is 1. The number of carbonyl (C=O) groups excluding carboxylic acids is 1. The van der Waals surface area contributed by atoms with E-state index < -0.39 is 17.7 Å². The van der Waals surface area contributed by atoms with Crippen LogP contribution in [0.5, 0.6) is 0 Å². The highest BCUT2D eigenvalue weighted by molar-refractivity contribution is 6.29. The molecule has 0 saturated carbocycles. The normalized spacial score (nSPS) is 12.6. The van der Waals surface area contributed by atoms with Gasteiger partial charge in [0.1, 0.15) is 5.92 Å². The maximum atomic E-state index is 10.7. The van der Waals surface area contributed by atoms with Gasteiger partial charge in [-0.3, -0.25) is 9.59 Å². The third kappa shape index (κ3) is 2.35. The fraction of sp³-hybridized carbons (Fsp3) is 0.667. The van der Waals surface area contributed by atoms with Crippen LogP contribution in [0.15, 0.2) is 0 Å². The molecule has 3 nitrogen and oxygen atoms in total. The number of hydrogen-bond acceptors (Lipinski definition) is 2. The summed E-state index contributed by atoms with van der Waals surface area (Å²) >= 11 is 5.16. The molecule has 0 amide bonds. The lowest BCUT2D eigenvalue weighted by Gasteiger charge is -2.03. The zero-order valence-corrected chi connectivity index (χ0v) is 6.39. The quantitative estimate of drug-likeness (QED) is 0.496. The Balaban J connectivity index is 4.06. The lowest BCUT2D eigenvalue weighted by atomic mass is 10.0. The Bertz CT molecular complexity index is 144. The topological polar surface area (TPSA) is 54.4 Å². The van der Waals surface area contributed by atoms with Crippen molar-refractivity contribution in [2.24, 2.45) is 5.92 Å². The Morgan fingerprint density at radius 3 is 2.20 bits per heavy atom. The molecule has 0 bridgehead atoms. The first-order valence-corrected chi connectivity index (χ1v) is 3.48. The lowest BCUT2D eigenvalue weighted by molar-refractivity contribution is -0.145. The number of alkyl halides is 1. The molecular weight excluding hydrogens is 156 g/mol. The van der Waals surface area contributed by atoms with Gasteiger partial charge in [0.2, 0.25) is 0 Å². The van der Waals surface area contributed by atoms with E-state index in [0.717, 1.165) is 0 Å². The van der Waals surface area contributed by atoms with Crippen molar-refractivity contribution in [2.45, 2.75) is 13.3 Å². The molecule has 0 unspecified atom stereocenters. The average Bonchev–Trinajstić information content (AvgIpc) is 1.88. The van der Waals surface area contributed by atoms with E-state index in [-0.39, 0.29) is 5.88 Å². The highest BCUT2D eigenvalue weighted by atomic mass is 35.5. The van der Waals surface area contributed by atoms with Crippen LogP contribution in [0.2, 0.25) is 0 Å². The Morgan fingerprint density at radius 2 is 2.10 bits per heavy atom. The Labute approximate surface area is 64.0 Å². The van der Waals surface area contributed by atoms with Crippen LogP contribution >= 0.6 is 11.6 Å². The maximum absolute atomic E-state index is 10.7. The van der Waals surface area contributed by atoms with Crippen LogP contribution in [0.25, 0.3) is 0 Å². The van der Waals surface area contributed by atoms with Crippen molar-refractivity contribution in [1.29, 1.82) is 0 Å². The molecule has 0 spiro atoms. The molecule has 1 atom stereocenters. The summed E-state index contributed by atoms with van der Waals surface area (Å²) in [5, 5.41) is 8.40. The van der Waals surface area contributed by atoms with Gasteiger partial charge < -0.3 is 5.11 Å². The molecule has 0 aromatic rings. The molecule has 0 aromatic carbocycles. The molecule has 0 rings (SSSR count). The fourth-order valence-electron chi connectivity index (χ4n) is 0.633. The second kappa shape index (κ2) is 4.28. The molecule has 0 aromatic heterocycles. The van der Waals surface area contributed by atoms with Crippen LogP contribution in [0.4, 0.5) is 0 Å². The predicted molar refractivity (Wildman–Crippen MR) is 37.1 cm³/mol. The molecular formula is C6H9ClO3. The van der Waals surface area contributed by atoms with Crippen molar-refractivity contribution in [3.8, 4) is 0 Å². The minimum absolute atomic E-state index is 0.217. The summed E-state index contributed by atoms with van der Waals surface area (Å²) in [4.78, 5) is 20.9. The van der Waals surface area contributed by atoms with Crippen LogP contribution < -0.4 is 0 Å². The van der Waals surface area contributed by atoms with Gasteiger partial charge in [0.15, 0.2) is 5.78 Å². The summed E-state index contributed by atoms with van der Waals surface area (Å²) < 4.78 is 0. The van der Waals surface area contributed by atoms with Crippen LogP contribution in [0.1, 0.15) is 13.3 Å². The Kier molecular flexibility index (Phi) is 4.03. The number of aliphatic carboxylic acids is 1. The first kappa shape index (κ1) is 9.43. The fourth-order valence-corrected chi connectivity index (χ4v) is 0.819. The van der Waals surface area contributed by atoms with Crippen LogP contribution in [-0.4, -0.2) is 22.7 Å². The maximum Gasteiger partial charge on any atom is 0.314 e. The minimum atomic E-state index is -1.09. The highest BCUT2D eigenvalue weighted by Gasteiger charge is 2.22. The molecule has 0 heterocycles. The van der Waals surface area contributed by atoms with Gasteiger partial charge in [-0.1, -0.05) is 6.92 Å². The summed E-state index contributed by atoms with van der Waals surface area (Å²) in [6.45, 7) is 1.64. The molecule has 0 saturated heterocycles. The first-order chi connectivity index (χ1) is 4.63. The van der Waals surface area contributed by atoms with Crippen molar-refractivity contribution >= 4 is 23.4 Å². The number of halogens is 1. The Morgan fingerprint density at radius 1 is 1.60 bits per heavy atom. The molecule has 0 radical (unpaired) electrons. The van der Waals surface area contributed by atoms with Crippen molar-refractivity contribution in [1.82, 2.24) is 0 Å². The summed E-state index contributed by atoms with van der Waals surface area (Å²) in [6.07, 6.45) is 0.306. The second-order valence-corrected chi connectivity index (χ2v) is 2.17. The lowest BCUT2D eigenvalue weighted by Crippen LogP contribution is -2.23. The van der Waals surface area contributed by atoms with E-state index in [2.05, 4.69) is 0 Å². The van der Waals surface area contributed by atoms with Gasteiger partial charge >= 0.3 is 5.97 Å². The van der Waals surface area contributed by atoms with E-state index in [1.165, 1.54) is 0 Å². The number of ketones is 1. The van der Waals surface area contributed by atoms with Gasteiger partial charge in [-0.25, -0.2) is 0 Å². The van der Waals surface area contributed by atoms with Crippen molar-refractivity contribution in [3.05, 3.63) is 0 Å². The second-order valence-electron chi connectivity index (χ2n) is 1.90. The number of carbonyl (C=O) groups is 2. The van der Waals surface area contributed by atoms with E-state index in [4.69, 9.17) is 16.7 Å². The molecule has 0 fully saturated rings. The smallest absolute Gasteiger partial charge is 0.314 e. The largest absolute Gasteiger partial charge is 0.481 e. The number of rotatable bonds is 4. The molecule has 0 aliphatic heterocycles. The molecule has 0 aliphatic rings. The predicted octanol–water partition coefficient (Wildman–Crippen LogP) is 0.905. The molecule has 1 N–H and O–H groups in total. The minimum Gasteiger partial charge on any atom is -0.481 e. The highest BCUT2D eigenvalue weighted by Crippen LogP contribution is 2.04. The van der Waals surface area contributed by atoms with Gasteiger partial charge in [-0.2, -0.15) is 0 Å². The van der Waals surface area contributed by atoms with Gasteiger partial charge in [0.25, 0.3) is 0 Å². The van der Waals surface area contributed by atoms with E-state index in [0.29, 0.717) is 6.42 Å². The van der Waals surface area contributed by atoms with Crippen LogP contribution in [0, 0.1) is 5.92 Å². The number of carboxylic acids is 1. The monoisotopic (exact) mass is 164 g/mol. The van der Waals surface area contributed by atoms with Gasteiger partial charge in [-0.05, 0) is 6.42 Å². The summed E-state index contributed by atoms with van der Waals surface area (Å²) in [6, 6.07) is 0. The number of hydrogen-bond donors (Lipinski definition) is 1. The van der Waals surface area contributed by atoms with E-state index in [1.807, 2.05) is 0 Å². The molecule has 58 valence electrons. The first-order valence-electron chi connectivity index (χ1n) is 2.95. The summed E-state index contributed by atoms with van der Waals surface area (Å²) in [7, 11) is 0. The van der Waals surface area contributed by atoms with Crippen molar-refractivity contribution in [2.75, 3.05) is 5.88 Å². The van der Waals surface area contributed by atoms with E-state index >= 15 is 0 Å². The standard InChI is InChI=1S/C6H9ClO3/c1-2-4(6(9)10)5(8)3-7/h4H,2-3H2,1H3,(H,9,10)/t4-/m0/s1. The van der Waals surface area contributed by atoms with Crippen molar-refractivity contribution in [3.63, 3.8) is 0 Å². The average molecular weight is 165 g/mol. The summed E-state index contributed by atoms with van der Waals surface area (Å²) in [5.41, 5.74) is 0. The Hall–Kier alpha value is -0.570. The number of carboxylic acid groups (broad SMARTS) is 1. The molecule has 0 aliphatic carbocycles. The van der Waals surface area contributed by atoms with Gasteiger partial charge in [0.05, 0.1) is 5.88 Å². The van der Waals surface area contributed by atoms with Crippen molar-refractivity contribution < 1.29 is 14.7 Å². The SMILES string of the molecule is CC[C@H](C(=O)O)C(=O)CCl. The molecule has 4 heteroatoms. The van der Waals surface area contributed by atoms with Crippen LogP contribution in [-0.2, 0) is 9.59 Å². The van der Waals surface area contributed by atoms with Gasteiger partial charge in [0, 0.05) is 0 Å². The van der Waals surface area contributed by atoms with E-state index in [9.17, 15) is 9.59 Å². The van der Waals surface area contributed by atoms with Gasteiger partial charge in [-0.15, -0.1) is 11.6 Å². The molecule has 10 heavy (non-hydrogen) atoms. The van der Waals surface area contributed by atoms with Crippen LogP contribution in [0.3, 0.4) is 0 Å². The third-order valence-corrected chi connectivity index (χ3v) is 1.49. The zero-order valence-electron chi connectivity index (χ0n) is 5.63. The third-order valence-electron chi connectivity index (χ3n) is 1.23.